The van der Waals surface area contributed by atoms with Gasteiger partial charge in [-0.3, -0.25) is 4.79 Å². The average Bonchev–Trinajstić information content (AvgIpc) is 3.74. The fourth-order valence-corrected chi connectivity index (χ4v) is 7.83. The summed E-state index contributed by atoms with van der Waals surface area (Å²) in [6.45, 7) is 17.7. The second-order valence-electron chi connectivity index (χ2n) is 13.0. The van der Waals surface area contributed by atoms with Crippen molar-refractivity contribution in [2.45, 2.75) is 64.1 Å². The molecular formula is C36H42N6O3. The maximum absolute atomic E-state index is 12.6. The van der Waals surface area contributed by atoms with Crippen molar-refractivity contribution < 1.29 is 14.3 Å². The van der Waals surface area contributed by atoms with Crippen molar-refractivity contribution in [2.24, 2.45) is 5.41 Å². The summed E-state index contributed by atoms with van der Waals surface area (Å²) < 4.78 is 12.5. The Morgan fingerprint density at radius 2 is 1.96 bits per heavy atom. The van der Waals surface area contributed by atoms with Crippen LogP contribution in [0.3, 0.4) is 0 Å². The first-order valence-electron chi connectivity index (χ1n) is 16.4. The number of rotatable bonds is 9. The molecule has 3 aromatic rings. The molecule has 45 heavy (non-hydrogen) atoms. The normalized spacial score (nSPS) is 21.9. The summed E-state index contributed by atoms with van der Waals surface area (Å²) in [4.78, 5) is 32.6. The molecule has 7 rings (SSSR count). The highest BCUT2D eigenvalue weighted by Crippen LogP contribution is 2.58. The molecule has 9 nitrogen and oxygen atoms in total. The topological polar surface area (TPSA) is 75.4 Å². The Morgan fingerprint density at radius 3 is 2.76 bits per heavy atom. The highest BCUT2D eigenvalue weighted by atomic mass is 16.5. The third-order valence-electron chi connectivity index (χ3n) is 10.3. The predicted octanol–water partition coefficient (Wildman–Crippen LogP) is 5.35. The molecule has 1 saturated heterocycles. The van der Waals surface area contributed by atoms with E-state index in [1.54, 1.807) is 4.90 Å². The van der Waals surface area contributed by atoms with Crippen LogP contribution in [0.25, 0.3) is 15.6 Å². The summed E-state index contributed by atoms with van der Waals surface area (Å²) in [5.74, 6) is 0.728. The lowest BCUT2D eigenvalue weighted by molar-refractivity contribution is -0.128. The quantitative estimate of drug-likeness (QED) is 0.185. The molecule has 1 aromatic heterocycles. The summed E-state index contributed by atoms with van der Waals surface area (Å²) in [5, 5.41) is 2.51. The second-order valence-corrected chi connectivity index (χ2v) is 13.0. The third kappa shape index (κ3) is 5.72. The molecule has 3 heterocycles. The van der Waals surface area contributed by atoms with Crippen molar-refractivity contribution in [3.8, 4) is 6.01 Å². The molecule has 0 bridgehead atoms. The molecule has 2 atom stereocenters. The van der Waals surface area contributed by atoms with Crippen LogP contribution in [0.1, 0.15) is 48.9 Å². The smallest absolute Gasteiger partial charge is 0.318 e. The number of hydrogen-bond donors (Lipinski definition) is 0. The number of nitrogens with zero attached hydrogens (tertiary/aromatic N) is 6. The fraction of sp³-hybridized carbons (Fsp3) is 0.500. The molecular weight excluding hydrogens is 564 g/mol. The van der Waals surface area contributed by atoms with Crippen molar-refractivity contribution >= 4 is 28.2 Å². The zero-order chi connectivity index (χ0) is 31.0. The molecule has 2 aliphatic heterocycles. The number of ether oxygens (including phenoxy) is 2. The van der Waals surface area contributed by atoms with Gasteiger partial charge in [-0.15, -0.1) is 0 Å². The number of anilines is 2. The lowest BCUT2D eigenvalue weighted by Crippen LogP contribution is -2.56. The Labute approximate surface area is 265 Å². The highest BCUT2D eigenvalue weighted by Gasteiger charge is 2.52. The lowest BCUT2D eigenvalue weighted by Gasteiger charge is -2.41. The summed E-state index contributed by atoms with van der Waals surface area (Å²) in [7, 11) is 0. The van der Waals surface area contributed by atoms with E-state index in [9.17, 15) is 4.79 Å². The largest absolute Gasteiger partial charge is 0.461 e. The van der Waals surface area contributed by atoms with Crippen molar-refractivity contribution in [1.29, 1.82) is 0 Å². The molecule has 3 fully saturated rings. The number of fused-ring (bicyclic) bond motifs is 2. The first-order valence-corrected chi connectivity index (χ1v) is 16.4. The van der Waals surface area contributed by atoms with Gasteiger partial charge in [0.15, 0.2) is 0 Å². The maximum Gasteiger partial charge on any atom is 0.318 e. The molecule has 2 saturated carbocycles. The molecule has 1 unspecified atom stereocenters. The van der Waals surface area contributed by atoms with Crippen molar-refractivity contribution in [3.05, 3.63) is 77.3 Å². The summed E-state index contributed by atoms with van der Waals surface area (Å²) in [6, 6.07) is 13.1. The number of piperazine rings is 1. The van der Waals surface area contributed by atoms with Crippen molar-refractivity contribution in [3.63, 3.8) is 0 Å². The fourth-order valence-electron chi connectivity index (χ4n) is 7.83. The first kappa shape index (κ1) is 29.5. The lowest BCUT2D eigenvalue weighted by atomic mass is 9.99. The molecule has 1 amide bonds. The Morgan fingerprint density at radius 1 is 1.11 bits per heavy atom. The van der Waals surface area contributed by atoms with Gasteiger partial charge in [-0.05, 0) is 67.5 Å². The van der Waals surface area contributed by atoms with Crippen LogP contribution in [-0.4, -0.2) is 78.9 Å². The minimum absolute atomic E-state index is 0.131. The number of aryl methyl sites for hydroxylation is 1. The standard InChI is InChI=1S/C36H42N6O3/c1-4-32(43)42-19-18-41(23-27(42)22-37-3)34-28-13-17-40(30-11-6-10-26-9-5-8-25(2)33(26)30)24-29(28)38-35(39-34)45-21-20-44-31-12-7-14-36(31)15-16-36/h4-6,8-11,27,31H,1,7,12-24H2,2H3/t27-,31?/m0/s1. The van der Waals surface area contributed by atoms with Gasteiger partial charge in [0.25, 0.3) is 0 Å². The van der Waals surface area contributed by atoms with Gasteiger partial charge in [-0.1, -0.05) is 43.3 Å². The second kappa shape index (κ2) is 12.3. The predicted molar refractivity (Wildman–Crippen MR) is 176 cm³/mol. The minimum atomic E-state index is -0.231. The monoisotopic (exact) mass is 606 g/mol. The van der Waals surface area contributed by atoms with E-state index >= 15 is 0 Å². The van der Waals surface area contributed by atoms with Gasteiger partial charge >= 0.3 is 6.01 Å². The van der Waals surface area contributed by atoms with Gasteiger partial charge in [0.1, 0.15) is 18.5 Å². The van der Waals surface area contributed by atoms with E-state index in [-0.39, 0.29) is 18.5 Å². The van der Waals surface area contributed by atoms with Gasteiger partial charge in [0.2, 0.25) is 12.5 Å². The van der Waals surface area contributed by atoms with Gasteiger partial charge in [-0.25, -0.2) is 6.57 Å². The zero-order valence-electron chi connectivity index (χ0n) is 26.2. The molecule has 234 valence electrons. The SMILES string of the molecule is [C-]#[N+]C[C@H]1CN(c2nc(OCCOC3CCCC34CC4)nc3c2CCN(c2cccc4cccc(C)c24)C3)CCN1C(=O)C=C. The summed E-state index contributed by atoms with van der Waals surface area (Å²) >= 11 is 0. The van der Waals surface area contributed by atoms with E-state index in [1.807, 2.05) is 0 Å². The van der Waals surface area contributed by atoms with Crippen LogP contribution in [0.5, 0.6) is 6.01 Å². The number of carbonyl (C=O) groups is 1. The van der Waals surface area contributed by atoms with E-state index in [1.165, 1.54) is 53.8 Å². The van der Waals surface area contributed by atoms with Crippen molar-refractivity contribution in [1.82, 2.24) is 14.9 Å². The number of aromatic nitrogens is 2. The van der Waals surface area contributed by atoms with Crippen LogP contribution >= 0.6 is 0 Å². The van der Waals surface area contributed by atoms with Gasteiger partial charge in [0.05, 0.1) is 24.9 Å². The summed E-state index contributed by atoms with van der Waals surface area (Å²) in [5.41, 5.74) is 5.00. The number of amides is 1. The van der Waals surface area contributed by atoms with Crippen LogP contribution in [0, 0.1) is 18.9 Å². The van der Waals surface area contributed by atoms with E-state index in [4.69, 9.17) is 26.0 Å². The molecule has 1 spiro atoms. The Kier molecular flexibility index (Phi) is 8.09. The zero-order valence-corrected chi connectivity index (χ0v) is 26.2. The molecule has 0 N–H and O–H groups in total. The van der Waals surface area contributed by atoms with Crippen LogP contribution in [0.2, 0.25) is 0 Å². The van der Waals surface area contributed by atoms with Crippen molar-refractivity contribution in [2.75, 3.05) is 55.7 Å². The molecule has 9 heteroatoms. The molecule has 2 aliphatic carbocycles. The van der Waals surface area contributed by atoms with Gasteiger partial charge in [-0.2, -0.15) is 9.97 Å². The van der Waals surface area contributed by atoms with E-state index in [0.717, 1.165) is 36.5 Å². The number of benzene rings is 2. The third-order valence-corrected chi connectivity index (χ3v) is 10.3. The van der Waals surface area contributed by atoms with Crippen LogP contribution < -0.4 is 14.5 Å². The first-order chi connectivity index (χ1) is 22.0. The maximum atomic E-state index is 12.6. The Balaban J connectivity index is 1.16. The highest BCUT2D eigenvalue weighted by molar-refractivity contribution is 5.97. The van der Waals surface area contributed by atoms with E-state index in [2.05, 4.69) is 64.5 Å². The molecule has 2 aromatic carbocycles. The average molecular weight is 607 g/mol. The minimum Gasteiger partial charge on any atom is -0.461 e. The van der Waals surface area contributed by atoms with Gasteiger partial charge < -0.3 is 29.0 Å². The van der Waals surface area contributed by atoms with Gasteiger partial charge in [0, 0.05) is 42.8 Å². The Bertz CT molecular complexity index is 1640. The molecule has 0 radical (unpaired) electrons. The number of hydrogen-bond acceptors (Lipinski definition) is 7. The number of carbonyl (C=O) groups excluding carboxylic acids is 1. The van der Waals surface area contributed by atoms with Crippen LogP contribution in [0.4, 0.5) is 11.5 Å². The summed E-state index contributed by atoms with van der Waals surface area (Å²) in [6.07, 6.45) is 8.78. The van der Waals surface area contributed by atoms with Crippen LogP contribution in [0.15, 0.2) is 49.1 Å². The van der Waals surface area contributed by atoms with E-state index < -0.39 is 0 Å². The van der Waals surface area contributed by atoms with E-state index in [0.29, 0.717) is 56.9 Å². The molecule has 4 aliphatic rings. The Hall–Kier alpha value is -4.16. The van der Waals surface area contributed by atoms with Crippen LogP contribution in [-0.2, 0) is 22.5 Å².